The van der Waals surface area contributed by atoms with Crippen molar-refractivity contribution in [2.75, 3.05) is 6.61 Å². The van der Waals surface area contributed by atoms with Gasteiger partial charge >= 0.3 is 0 Å². The van der Waals surface area contributed by atoms with E-state index < -0.39 is 0 Å². The van der Waals surface area contributed by atoms with Crippen molar-refractivity contribution in [2.45, 2.75) is 72.6 Å². The Morgan fingerprint density at radius 3 is 2.57 bits per heavy atom. The Labute approximate surface area is 134 Å². The first-order chi connectivity index (χ1) is 9.79. The highest BCUT2D eigenvalue weighted by atomic mass is 32.1. The predicted octanol–water partition coefficient (Wildman–Crippen LogP) is 4.42. The van der Waals surface area contributed by atoms with Gasteiger partial charge < -0.3 is 10.1 Å². The van der Waals surface area contributed by atoms with E-state index in [1.54, 1.807) is 0 Å². The van der Waals surface area contributed by atoms with E-state index in [0.717, 1.165) is 19.4 Å². The van der Waals surface area contributed by atoms with Crippen molar-refractivity contribution >= 4 is 11.3 Å². The third-order valence-electron chi connectivity index (χ3n) is 4.60. The largest absolute Gasteiger partial charge is 0.377 e. The summed E-state index contributed by atoms with van der Waals surface area (Å²) in [5, 5.41) is 3.81. The second-order valence-corrected chi connectivity index (χ2v) is 8.98. The predicted molar refractivity (Wildman–Crippen MR) is 92.1 cm³/mol. The van der Waals surface area contributed by atoms with Crippen molar-refractivity contribution in [3.05, 3.63) is 21.9 Å². The number of nitrogens with one attached hydrogen (secondary N) is 1. The van der Waals surface area contributed by atoms with E-state index in [-0.39, 0.29) is 5.41 Å². The molecule has 1 aromatic rings. The molecule has 0 amide bonds. The summed E-state index contributed by atoms with van der Waals surface area (Å²) in [5.74, 6) is 0.619. The van der Waals surface area contributed by atoms with Crippen LogP contribution in [0.15, 0.2) is 12.1 Å². The summed E-state index contributed by atoms with van der Waals surface area (Å²) in [6, 6.07) is 5.58. The van der Waals surface area contributed by atoms with Crippen molar-refractivity contribution in [1.29, 1.82) is 0 Å². The fourth-order valence-corrected chi connectivity index (χ4v) is 4.08. The standard InChI is InChI=1S/C18H31NOS/c1-12(2)11-20-17-10-16(18(17,5)6)19-13(3)9-15-8-7-14(4)21-15/h7-8,12-13,16-17,19H,9-11H2,1-6H3. The molecule has 1 heterocycles. The molecule has 3 heteroatoms. The SMILES string of the molecule is Cc1ccc(CC(C)NC2CC(OCC(C)C)C2(C)C)s1. The van der Waals surface area contributed by atoms with Crippen LogP contribution in [0.25, 0.3) is 0 Å². The molecule has 3 atom stereocenters. The lowest BCUT2D eigenvalue weighted by Gasteiger charge is -2.53. The minimum Gasteiger partial charge on any atom is -0.377 e. The highest BCUT2D eigenvalue weighted by molar-refractivity contribution is 7.11. The minimum atomic E-state index is 0.245. The smallest absolute Gasteiger partial charge is 0.0656 e. The fourth-order valence-electron chi connectivity index (χ4n) is 3.06. The molecule has 0 radical (unpaired) electrons. The van der Waals surface area contributed by atoms with Crippen LogP contribution < -0.4 is 5.32 Å². The summed E-state index contributed by atoms with van der Waals surface area (Å²) in [4.78, 5) is 2.89. The monoisotopic (exact) mass is 309 g/mol. The number of ether oxygens (including phenoxy) is 1. The summed E-state index contributed by atoms with van der Waals surface area (Å²) in [5.41, 5.74) is 0.245. The van der Waals surface area contributed by atoms with E-state index in [4.69, 9.17) is 4.74 Å². The highest BCUT2D eigenvalue weighted by Crippen LogP contribution is 2.43. The summed E-state index contributed by atoms with van der Waals surface area (Å²) in [7, 11) is 0. The number of aryl methyl sites for hydroxylation is 1. The van der Waals surface area contributed by atoms with Gasteiger partial charge in [-0.05, 0) is 44.7 Å². The maximum absolute atomic E-state index is 6.05. The molecule has 1 saturated carbocycles. The van der Waals surface area contributed by atoms with Gasteiger partial charge in [-0.2, -0.15) is 0 Å². The molecule has 0 bridgehead atoms. The Bertz CT molecular complexity index is 452. The topological polar surface area (TPSA) is 21.3 Å². The van der Waals surface area contributed by atoms with Crippen LogP contribution >= 0.6 is 11.3 Å². The van der Waals surface area contributed by atoms with Gasteiger partial charge in [-0.1, -0.05) is 27.7 Å². The number of thiophene rings is 1. The summed E-state index contributed by atoms with van der Waals surface area (Å²) in [6.07, 6.45) is 2.68. The summed E-state index contributed by atoms with van der Waals surface area (Å²) >= 11 is 1.92. The Balaban J connectivity index is 1.78. The van der Waals surface area contributed by atoms with Gasteiger partial charge in [0.1, 0.15) is 0 Å². The average molecular weight is 310 g/mol. The molecule has 1 aliphatic rings. The number of hydrogen-bond acceptors (Lipinski definition) is 3. The lowest BCUT2D eigenvalue weighted by atomic mass is 9.64. The fraction of sp³-hybridized carbons (Fsp3) is 0.778. The minimum absolute atomic E-state index is 0.245. The normalized spacial score (nSPS) is 25.9. The van der Waals surface area contributed by atoms with Gasteiger partial charge in [0, 0.05) is 33.9 Å². The summed E-state index contributed by atoms with van der Waals surface area (Å²) in [6.45, 7) is 14.5. The van der Waals surface area contributed by atoms with E-state index in [1.165, 1.54) is 9.75 Å². The third kappa shape index (κ3) is 4.30. The van der Waals surface area contributed by atoms with Crippen molar-refractivity contribution in [3.63, 3.8) is 0 Å². The van der Waals surface area contributed by atoms with Crippen LogP contribution in [0.2, 0.25) is 0 Å². The first-order valence-electron chi connectivity index (χ1n) is 8.22. The van der Waals surface area contributed by atoms with Crippen LogP contribution in [0, 0.1) is 18.3 Å². The molecule has 1 N–H and O–H groups in total. The van der Waals surface area contributed by atoms with Gasteiger partial charge in [-0.25, -0.2) is 0 Å². The highest BCUT2D eigenvalue weighted by Gasteiger charge is 2.49. The number of rotatable bonds is 7. The zero-order valence-electron chi connectivity index (χ0n) is 14.4. The van der Waals surface area contributed by atoms with Crippen molar-refractivity contribution in [2.24, 2.45) is 11.3 Å². The Morgan fingerprint density at radius 1 is 1.33 bits per heavy atom. The quantitative estimate of drug-likeness (QED) is 0.805. The maximum Gasteiger partial charge on any atom is 0.0656 e. The Hall–Kier alpha value is -0.380. The van der Waals surface area contributed by atoms with E-state index in [2.05, 4.69) is 59.0 Å². The molecule has 1 aromatic heterocycles. The van der Waals surface area contributed by atoms with E-state index in [9.17, 15) is 0 Å². The number of hydrogen-bond donors (Lipinski definition) is 1. The van der Waals surface area contributed by atoms with E-state index >= 15 is 0 Å². The van der Waals surface area contributed by atoms with Gasteiger partial charge in [0.05, 0.1) is 6.10 Å². The first-order valence-corrected chi connectivity index (χ1v) is 9.03. The zero-order chi connectivity index (χ0) is 15.6. The van der Waals surface area contributed by atoms with E-state index in [1.807, 2.05) is 11.3 Å². The van der Waals surface area contributed by atoms with Crippen LogP contribution in [-0.2, 0) is 11.2 Å². The first kappa shape index (κ1) is 17.0. The van der Waals surface area contributed by atoms with E-state index in [0.29, 0.717) is 24.1 Å². The van der Waals surface area contributed by atoms with Crippen LogP contribution in [0.5, 0.6) is 0 Å². The molecule has 0 spiro atoms. The molecule has 2 rings (SSSR count). The second-order valence-electron chi connectivity index (χ2n) is 7.61. The van der Waals surface area contributed by atoms with Gasteiger partial charge in [0.2, 0.25) is 0 Å². The average Bonchev–Trinajstić information content (AvgIpc) is 2.77. The second kappa shape index (κ2) is 6.80. The molecule has 0 aliphatic heterocycles. The summed E-state index contributed by atoms with van der Waals surface area (Å²) < 4.78 is 6.05. The van der Waals surface area contributed by atoms with Crippen molar-refractivity contribution < 1.29 is 4.74 Å². The third-order valence-corrected chi connectivity index (χ3v) is 5.62. The van der Waals surface area contributed by atoms with Crippen LogP contribution in [0.4, 0.5) is 0 Å². The molecule has 120 valence electrons. The molecule has 1 aliphatic carbocycles. The zero-order valence-corrected chi connectivity index (χ0v) is 15.2. The van der Waals surface area contributed by atoms with Gasteiger partial charge in [-0.15, -0.1) is 11.3 Å². The Kier molecular flexibility index (Phi) is 5.50. The molecule has 21 heavy (non-hydrogen) atoms. The van der Waals surface area contributed by atoms with Crippen LogP contribution in [0.1, 0.15) is 50.8 Å². The molecule has 3 unspecified atom stereocenters. The van der Waals surface area contributed by atoms with Crippen molar-refractivity contribution in [3.8, 4) is 0 Å². The molecule has 0 aromatic carbocycles. The lowest BCUT2D eigenvalue weighted by Crippen LogP contribution is -2.62. The molecule has 2 nitrogen and oxygen atoms in total. The molecule has 1 fully saturated rings. The molecular weight excluding hydrogens is 278 g/mol. The van der Waals surface area contributed by atoms with Gasteiger partial charge in [-0.3, -0.25) is 0 Å². The Morgan fingerprint density at radius 2 is 2.05 bits per heavy atom. The van der Waals surface area contributed by atoms with Gasteiger partial charge in [0.25, 0.3) is 0 Å². The molecule has 0 saturated heterocycles. The molecular formula is C18H31NOS. The van der Waals surface area contributed by atoms with Crippen LogP contribution in [0.3, 0.4) is 0 Å². The van der Waals surface area contributed by atoms with Crippen LogP contribution in [-0.4, -0.2) is 24.8 Å². The maximum atomic E-state index is 6.05. The van der Waals surface area contributed by atoms with Crippen molar-refractivity contribution in [1.82, 2.24) is 5.32 Å². The lowest BCUT2D eigenvalue weighted by molar-refractivity contribution is -0.125. The van der Waals surface area contributed by atoms with Gasteiger partial charge in [0.15, 0.2) is 0 Å².